The summed E-state index contributed by atoms with van der Waals surface area (Å²) in [6.45, 7) is 7.34. The van der Waals surface area contributed by atoms with Crippen LogP contribution in [-0.2, 0) is 4.74 Å². The zero-order chi connectivity index (χ0) is 12.4. The van der Waals surface area contributed by atoms with Crippen LogP contribution >= 0.6 is 0 Å². The number of nitrogens with two attached hydrogens (primary N) is 1. The number of rotatable bonds is 10. The predicted octanol–water partition coefficient (Wildman–Crippen LogP) is 3.32. The lowest BCUT2D eigenvalue weighted by Crippen LogP contribution is -2.24. The molecule has 96 valence electrons. The van der Waals surface area contributed by atoms with Gasteiger partial charge >= 0.3 is 0 Å². The number of unbranched alkanes of at least 4 members (excludes halogenated alkanes) is 1. The Kier molecular flexibility index (Phi) is 9.30. The molecule has 0 heterocycles. The normalized spacial score (nSPS) is 14.7. The van der Waals surface area contributed by atoms with Gasteiger partial charge in [-0.05, 0) is 18.8 Å². The summed E-state index contributed by atoms with van der Waals surface area (Å²) < 4.78 is 5.83. The summed E-state index contributed by atoms with van der Waals surface area (Å²) >= 11 is 0. The van der Waals surface area contributed by atoms with Crippen molar-refractivity contribution in [2.45, 2.75) is 65.4 Å². The highest BCUT2D eigenvalue weighted by Crippen LogP contribution is 2.15. The number of hydrogen-bond donors (Lipinski definition) is 2. The van der Waals surface area contributed by atoms with E-state index in [9.17, 15) is 0 Å². The van der Waals surface area contributed by atoms with Crippen molar-refractivity contribution in [3.8, 4) is 0 Å². The summed E-state index contributed by atoms with van der Waals surface area (Å²) in [5.41, 5.74) is 5.39. The van der Waals surface area contributed by atoms with Crippen LogP contribution in [-0.4, -0.2) is 18.5 Å². The molecular formula is C13H28N2O. The van der Waals surface area contributed by atoms with Gasteiger partial charge in [-0.2, -0.15) is 0 Å². The van der Waals surface area contributed by atoms with E-state index in [1.165, 1.54) is 25.7 Å². The molecule has 0 saturated heterocycles. The number of hydrogen-bond acceptors (Lipinski definition) is 2. The van der Waals surface area contributed by atoms with Crippen LogP contribution in [0.15, 0.2) is 0 Å². The maximum absolute atomic E-state index is 7.27. The zero-order valence-electron chi connectivity index (χ0n) is 11.1. The van der Waals surface area contributed by atoms with Crippen molar-refractivity contribution in [3.05, 3.63) is 0 Å². The molecule has 0 aromatic rings. The third kappa shape index (κ3) is 7.69. The molecule has 0 aliphatic heterocycles. The Morgan fingerprint density at radius 3 is 2.38 bits per heavy atom. The molecule has 0 saturated carbocycles. The number of amidine groups is 1. The lowest BCUT2D eigenvalue weighted by molar-refractivity contribution is 0.0277. The fourth-order valence-corrected chi connectivity index (χ4v) is 1.74. The molecule has 0 aromatic heterocycles. The highest BCUT2D eigenvalue weighted by molar-refractivity contribution is 5.77. The molecule has 0 spiro atoms. The van der Waals surface area contributed by atoms with Gasteiger partial charge in [0.05, 0.1) is 11.9 Å². The van der Waals surface area contributed by atoms with Crippen LogP contribution in [0, 0.1) is 11.3 Å². The van der Waals surface area contributed by atoms with E-state index in [0.717, 1.165) is 13.0 Å². The SMILES string of the molecule is CCCCC(CC)COC(CC)CC(=N)N. The van der Waals surface area contributed by atoms with Crippen LogP contribution in [0.5, 0.6) is 0 Å². The van der Waals surface area contributed by atoms with Gasteiger partial charge in [-0.3, -0.25) is 5.41 Å². The van der Waals surface area contributed by atoms with Gasteiger partial charge in [0.2, 0.25) is 0 Å². The first-order chi connectivity index (χ1) is 7.63. The van der Waals surface area contributed by atoms with E-state index in [1.54, 1.807) is 0 Å². The van der Waals surface area contributed by atoms with E-state index < -0.39 is 0 Å². The number of ether oxygens (including phenoxy) is 1. The molecule has 2 unspecified atom stereocenters. The molecule has 3 nitrogen and oxygen atoms in total. The lowest BCUT2D eigenvalue weighted by atomic mass is 10.0. The lowest BCUT2D eigenvalue weighted by Gasteiger charge is -2.20. The Hall–Kier alpha value is -0.570. The van der Waals surface area contributed by atoms with Gasteiger partial charge in [-0.15, -0.1) is 0 Å². The summed E-state index contributed by atoms with van der Waals surface area (Å²) in [5.74, 6) is 0.898. The molecule has 0 aromatic carbocycles. The first-order valence-electron chi connectivity index (χ1n) is 6.58. The zero-order valence-corrected chi connectivity index (χ0v) is 11.1. The smallest absolute Gasteiger partial charge is 0.0931 e. The minimum absolute atomic E-state index is 0.133. The van der Waals surface area contributed by atoms with Crippen molar-refractivity contribution >= 4 is 5.84 Å². The van der Waals surface area contributed by atoms with Gasteiger partial charge in [0.15, 0.2) is 0 Å². The first kappa shape index (κ1) is 15.4. The van der Waals surface area contributed by atoms with E-state index in [-0.39, 0.29) is 11.9 Å². The van der Waals surface area contributed by atoms with E-state index in [2.05, 4.69) is 20.8 Å². The minimum atomic E-state index is 0.133. The average Bonchev–Trinajstić information content (AvgIpc) is 2.27. The van der Waals surface area contributed by atoms with Crippen LogP contribution in [0.3, 0.4) is 0 Å². The minimum Gasteiger partial charge on any atom is -0.388 e. The molecule has 0 amide bonds. The molecule has 3 N–H and O–H groups in total. The molecule has 2 atom stereocenters. The fourth-order valence-electron chi connectivity index (χ4n) is 1.74. The maximum atomic E-state index is 7.27. The summed E-state index contributed by atoms with van der Waals surface area (Å²) in [6, 6.07) is 0. The van der Waals surface area contributed by atoms with Crippen molar-refractivity contribution < 1.29 is 4.74 Å². The van der Waals surface area contributed by atoms with Crippen LogP contribution < -0.4 is 5.73 Å². The standard InChI is InChI=1S/C13H28N2O/c1-4-7-8-11(5-2)10-16-12(6-3)9-13(14)15/h11-12H,4-10H2,1-3H3,(H3,14,15). The first-order valence-corrected chi connectivity index (χ1v) is 6.58. The van der Waals surface area contributed by atoms with Crippen LogP contribution in [0.25, 0.3) is 0 Å². The van der Waals surface area contributed by atoms with Gasteiger partial charge in [-0.25, -0.2) is 0 Å². The van der Waals surface area contributed by atoms with Crippen molar-refractivity contribution in [1.82, 2.24) is 0 Å². The Bertz CT molecular complexity index is 183. The van der Waals surface area contributed by atoms with Gasteiger partial charge < -0.3 is 10.5 Å². The molecule has 0 radical (unpaired) electrons. The average molecular weight is 228 g/mol. The maximum Gasteiger partial charge on any atom is 0.0931 e. The highest BCUT2D eigenvalue weighted by atomic mass is 16.5. The van der Waals surface area contributed by atoms with Crippen molar-refractivity contribution in [1.29, 1.82) is 5.41 Å². The molecule has 0 bridgehead atoms. The van der Waals surface area contributed by atoms with E-state index in [1.807, 2.05) is 0 Å². The monoisotopic (exact) mass is 228 g/mol. The van der Waals surface area contributed by atoms with Gasteiger partial charge in [-0.1, -0.05) is 40.0 Å². The largest absolute Gasteiger partial charge is 0.388 e. The summed E-state index contributed by atoms with van der Waals surface area (Å²) in [5, 5.41) is 7.27. The quantitative estimate of drug-likeness (QED) is 0.445. The predicted molar refractivity (Wildman–Crippen MR) is 69.9 cm³/mol. The molecule has 0 aliphatic rings. The van der Waals surface area contributed by atoms with Crippen molar-refractivity contribution in [3.63, 3.8) is 0 Å². The van der Waals surface area contributed by atoms with Crippen molar-refractivity contribution in [2.24, 2.45) is 11.7 Å². The molecular weight excluding hydrogens is 200 g/mol. The molecule has 3 heteroatoms. The third-order valence-corrected chi connectivity index (χ3v) is 3.01. The third-order valence-electron chi connectivity index (χ3n) is 3.01. The second-order valence-corrected chi connectivity index (χ2v) is 4.51. The van der Waals surface area contributed by atoms with E-state index >= 15 is 0 Å². The van der Waals surface area contributed by atoms with Crippen LogP contribution in [0.2, 0.25) is 0 Å². The van der Waals surface area contributed by atoms with Gasteiger partial charge in [0.25, 0.3) is 0 Å². The van der Waals surface area contributed by atoms with E-state index in [4.69, 9.17) is 15.9 Å². The van der Waals surface area contributed by atoms with Crippen LogP contribution in [0.1, 0.15) is 59.3 Å². The summed E-state index contributed by atoms with van der Waals surface area (Å²) in [7, 11) is 0. The van der Waals surface area contributed by atoms with Gasteiger partial charge in [0, 0.05) is 13.0 Å². The highest BCUT2D eigenvalue weighted by Gasteiger charge is 2.12. The second-order valence-electron chi connectivity index (χ2n) is 4.51. The molecule has 0 rings (SSSR count). The number of nitrogens with one attached hydrogen (secondary N) is 1. The van der Waals surface area contributed by atoms with Gasteiger partial charge in [0.1, 0.15) is 0 Å². The summed E-state index contributed by atoms with van der Waals surface area (Å²) in [4.78, 5) is 0. The van der Waals surface area contributed by atoms with Crippen LogP contribution in [0.4, 0.5) is 0 Å². The molecule has 16 heavy (non-hydrogen) atoms. The summed E-state index contributed by atoms with van der Waals surface area (Å²) in [6.07, 6.45) is 6.60. The molecule has 0 fully saturated rings. The van der Waals surface area contributed by atoms with E-state index in [0.29, 0.717) is 12.3 Å². The Morgan fingerprint density at radius 1 is 1.25 bits per heavy atom. The Morgan fingerprint density at radius 2 is 1.94 bits per heavy atom. The second kappa shape index (κ2) is 9.64. The fraction of sp³-hybridized carbons (Fsp3) is 0.923. The Labute approximate surface area is 100 Å². The molecule has 0 aliphatic carbocycles. The Balaban J connectivity index is 3.82. The topological polar surface area (TPSA) is 59.1 Å². The van der Waals surface area contributed by atoms with Crippen molar-refractivity contribution in [2.75, 3.05) is 6.61 Å².